The van der Waals surface area contributed by atoms with Gasteiger partial charge in [0.25, 0.3) is 0 Å². The van der Waals surface area contributed by atoms with Crippen LogP contribution >= 0.6 is 0 Å². The smallest absolute Gasteiger partial charge is 0.338 e. The van der Waals surface area contributed by atoms with Crippen LogP contribution in [0.1, 0.15) is 43.0 Å². The van der Waals surface area contributed by atoms with Crippen LogP contribution in [0.2, 0.25) is 0 Å². The molecule has 1 aromatic rings. The number of hydrogen-bond donors (Lipinski definition) is 2. The summed E-state index contributed by atoms with van der Waals surface area (Å²) in [7, 11) is 0. The Kier molecular flexibility index (Phi) is 4.02. The zero-order valence-electron chi connectivity index (χ0n) is 10.7. The van der Waals surface area contributed by atoms with Crippen LogP contribution < -0.4 is 5.32 Å². The molecule has 2 unspecified atom stereocenters. The Bertz CT molecular complexity index is 491. The van der Waals surface area contributed by atoms with Crippen molar-refractivity contribution in [3.63, 3.8) is 0 Å². The van der Waals surface area contributed by atoms with Crippen molar-refractivity contribution >= 4 is 11.7 Å². The Hall–Kier alpha value is -1.65. The highest BCUT2D eigenvalue weighted by Crippen LogP contribution is 2.28. The quantitative estimate of drug-likeness (QED) is 0.880. The predicted octanol–water partition coefficient (Wildman–Crippen LogP) is 3.65. The van der Waals surface area contributed by atoms with Gasteiger partial charge in [-0.05, 0) is 30.9 Å². The van der Waals surface area contributed by atoms with E-state index in [9.17, 15) is 13.6 Å². The van der Waals surface area contributed by atoms with Gasteiger partial charge in [0.05, 0.1) is 11.3 Å². The first-order chi connectivity index (χ1) is 8.99. The van der Waals surface area contributed by atoms with Gasteiger partial charge >= 0.3 is 5.97 Å². The molecule has 19 heavy (non-hydrogen) atoms. The van der Waals surface area contributed by atoms with E-state index in [1.165, 1.54) is 6.07 Å². The van der Waals surface area contributed by atoms with Crippen LogP contribution in [-0.2, 0) is 0 Å². The van der Waals surface area contributed by atoms with E-state index in [0.29, 0.717) is 5.92 Å². The number of hydrogen-bond acceptors (Lipinski definition) is 2. The Morgan fingerprint density at radius 2 is 2.05 bits per heavy atom. The second-order valence-corrected chi connectivity index (χ2v) is 5.21. The summed E-state index contributed by atoms with van der Waals surface area (Å²) in [5, 5.41) is 11.7. The summed E-state index contributed by atoms with van der Waals surface area (Å²) in [5.41, 5.74) is -0.596. The second kappa shape index (κ2) is 5.55. The number of anilines is 1. The Balaban J connectivity index is 2.17. The molecule has 1 aliphatic carbocycles. The first kappa shape index (κ1) is 13.8. The zero-order chi connectivity index (χ0) is 14.0. The standard InChI is InChI=1S/C14H17F2NO2/c1-8-3-2-4-9(7-8)17-11-6-5-10(14(18)19)12(15)13(11)16/h5-6,8-9,17H,2-4,7H2,1H3,(H,18,19). The van der Waals surface area contributed by atoms with Crippen molar-refractivity contribution in [1.82, 2.24) is 0 Å². The molecule has 104 valence electrons. The van der Waals surface area contributed by atoms with E-state index in [-0.39, 0.29) is 11.7 Å². The third-order valence-corrected chi connectivity index (χ3v) is 3.61. The van der Waals surface area contributed by atoms with E-state index in [2.05, 4.69) is 12.2 Å². The molecule has 2 rings (SSSR count). The molecule has 2 atom stereocenters. The molecular weight excluding hydrogens is 252 g/mol. The first-order valence-electron chi connectivity index (χ1n) is 6.47. The predicted molar refractivity (Wildman–Crippen MR) is 68.4 cm³/mol. The summed E-state index contributed by atoms with van der Waals surface area (Å²) in [5.74, 6) is -3.31. The summed E-state index contributed by atoms with van der Waals surface area (Å²) >= 11 is 0. The van der Waals surface area contributed by atoms with Gasteiger partial charge in [0.15, 0.2) is 11.6 Å². The number of halogens is 2. The third kappa shape index (κ3) is 3.03. The topological polar surface area (TPSA) is 49.3 Å². The summed E-state index contributed by atoms with van der Waals surface area (Å²) in [6, 6.07) is 2.50. The van der Waals surface area contributed by atoms with Crippen LogP contribution in [0.5, 0.6) is 0 Å². The van der Waals surface area contributed by atoms with Crippen molar-refractivity contribution in [2.45, 2.75) is 38.6 Å². The maximum absolute atomic E-state index is 13.8. The maximum Gasteiger partial charge on any atom is 0.338 e. The third-order valence-electron chi connectivity index (χ3n) is 3.61. The van der Waals surface area contributed by atoms with Gasteiger partial charge in [0.2, 0.25) is 0 Å². The molecule has 1 saturated carbocycles. The second-order valence-electron chi connectivity index (χ2n) is 5.21. The monoisotopic (exact) mass is 269 g/mol. The van der Waals surface area contributed by atoms with Gasteiger partial charge in [-0.15, -0.1) is 0 Å². The largest absolute Gasteiger partial charge is 0.478 e. The minimum atomic E-state index is -1.46. The van der Waals surface area contributed by atoms with Crippen molar-refractivity contribution in [2.75, 3.05) is 5.32 Å². The summed E-state index contributed by atoms with van der Waals surface area (Å²) in [6.07, 6.45) is 4.07. The van der Waals surface area contributed by atoms with Crippen LogP contribution in [0.25, 0.3) is 0 Å². The number of carboxylic acid groups (broad SMARTS) is 1. The van der Waals surface area contributed by atoms with E-state index in [1.807, 2.05) is 0 Å². The van der Waals surface area contributed by atoms with Crippen molar-refractivity contribution < 1.29 is 18.7 Å². The number of carbonyl (C=O) groups is 1. The molecule has 0 amide bonds. The highest BCUT2D eigenvalue weighted by Gasteiger charge is 2.22. The molecule has 0 saturated heterocycles. The molecule has 3 nitrogen and oxygen atoms in total. The molecule has 0 bridgehead atoms. The van der Waals surface area contributed by atoms with Crippen molar-refractivity contribution in [3.8, 4) is 0 Å². The highest BCUT2D eigenvalue weighted by atomic mass is 19.2. The molecule has 0 heterocycles. The van der Waals surface area contributed by atoms with Crippen molar-refractivity contribution in [1.29, 1.82) is 0 Å². The molecule has 0 aromatic heterocycles. The minimum absolute atomic E-state index is 0.0431. The van der Waals surface area contributed by atoms with E-state index < -0.39 is 23.2 Å². The lowest BCUT2D eigenvalue weighted by molar-refractivity contribution is 0.0690. The average Bonchev–Trinajstić information content (AvgIpc) is 2.35. The number of rotatable bonds is 3. The van der Waals surface area contributed by atoms with Gasteiger partial charge in [-0.2, -0.15) is 0 Å². The fraction of sp³-hybridized carbons (Fsp3) is 0.500. The Labute approximate surface area is 110 Å². The Morgan fingerprint density at radius 1 is 1.32 bits per heavy atom. The molecule has 0 radical (unpaired) electrons. The fourth-order valence-corrected chi connectivity index (χ4v) is 2.61. The van der Waals surface area contributed by atoms with E-state index >= 15 is 0 Å². The lowest BCUT2D eigenvalue weighted by Crippen LogP contribution is -2.26. The Morgan fingerprint density at radius 3 is 2.68 bits per heavy atom. The van der Waals surface area contributed by atoms with Crippen LogP contribution in [0.3, 0.4) is 0 Å². The highest BCUT2D eigenvalue weighted by molar-refractivity contribution is 5.88. The average molecular weight is 269 g/mol. The van der Waals surface area contributed by atoms with Crippen LogP contribution in [0, 0.1) is 17.6 Å². The molecule has 2 N–H and O–H groups in total. The molecule has 0 aliphatic heterocycles. The zero-order valence-corrected chi connectivity index (χ0v) is 10.7. The van der Waals surface area contributed by atoms with Gasteiger partial charge in [0, 0.05) is 6.04 Å². The first-order valence-corrected chi connectivity index (χ1v) is 6.47. The molecule has 5 heteroatoms. The van der Waals surface area contributed by atoms with Crippen molar-refractivity contribution in [2.24, 2.45) is 5.92 Å². The lowest BCUT2D eigenvalue weighted by atomic mass is 9.87. The van der Waals surface area contributed by atoms with Crippen molar-refractivity contribution in [3.05, 3.63) is 29.3 Å². The van der Waals surface area contributed by atoms with Crippen LogP contribution in [0.15, 0.2) is 12.1 Å². The van der Waals surface area contributed by atoms with Crippen LogP contribution in [0.4, 0.5) is 14.5 Å². The molecular formula is C14H17F2NO2. The molecule has 1 aliphatic rings. The summed E-state index contributed by atoms with van der Waals surface area (Å²) in [6.45, 7) is 2.14. The number of carboxylic acids is 1. The normalized spacial score (nSPS) is 23.1. The van der Waals surface area contributed by atoms with E-state index in [4.69, 9.17) is 5.11 Å². The number of aromatic carboxylic acids is 1. The van der Waals surface area contributed by atoms with Gasteiger partial charge in [-0.25, -0.2) is 13.6 Å². The number of benzene rings is 1. The van der Waals surface area contributed by atoms with Crippen LogP contribution in [-0.4, -0.2) is 17.1 Å². The molecule has 0 spiro atoms. The van der Waals surface area contributed by atoms with Gasteiger partial charge in [-0.1, -0.05) is 19.8 Å². The fourth-order valence-electron chi connectivity index (χ4n) is 2.61. The summed E-state index contributed by atoms with van der Waals surface area (Å²) < 4.78 is 27.3. The van der Waals surface area contributed by atoms with Gasteiger partial charge in [-0.3, -0.25) is 0 Å². The van der Waals surface area contributed by atoms with Gasteiger partial charge in [0.1, 0.15) is 0 Å². The van der Waals surface area contributed by atoms with Gasteiger partial charge < -0.3 is 10.4 Å². The molecule has 1 fully saturated rings. The summed E-state index contributed by atoms with van der Waals surface area (Å²) in [4.78, 5) is 10.7. The maximum atomic E-state index is 13.8. The van der Waals surface area contributed by atoms with E-state index in [1.54, 1.807) is 0 Å². The van der Waals surface area contributed by atoms with E-state index in [0.717, 1.165) is 31.7 Å². The number of nitrogens with one attached hydrogen (secondary N) is 1. The SMILES string of the molecule is CC1CCCC(Nc2ccc(C(=O)O)c(F)c2F)C1. The lowest BCUT2D eigenvalue weighted by Gasteiger charge is -2.28. The minimum Gasteiger partial charge on any atom is -0.478 e. The molecule has 1 aromatic carbocycles.